The van der Waals surface area contributed by atoms with E-state index in [0.717, 1.165) is 16.4 Å². The van der Waals surface area contributed by atoms with Gasteiger partial charge in [0.25, 0.3) is 0 Å². The quantitative estimate of drug-likeness (QED) is 0.904. The molecule has 90 valence electrons. The van der Waals surface area contributed by atoms with E-state index in [9.17, 15) is 0 Å². The molecule has 1 aromatic heterocycles. The highest BCUT2D eigenvalue weighted by molar-refractivity contribution is 7.09. The normalized spacial score (nSPS) is 10.6. The van der Waals surface area contributed by atoms with Crippen molar-refractivity contribution in [3.8, 4) is 17.1 Å². The van der Waals surface area contributed by atoms with Crippen molar-refractivity contribution in [2.45, 2.75) is 19.9 Å². The van der Waals surface area contributed by atoms with Crippen LogP contribution in [0.3, 0.4) is 0 Å². The molecule has 2 aromatic rings. The van der Waals surface area contributed by atoms with Crippen LogP contribution in [0, 0.1) is 0 Å². The minimum absolute atomic E-state index is 0.355. The fourth-order valence-electron chi connectivity index (χ4n) is 1.47. The van der Waals surface area contributed by atoms with Crippen LogP contribution in [0.1, 0.15) is 13.8 Å². The Labute approximate surface area is 105 Å². The standard InChI is InChI=1S/C12H15N3OS/c1-8(2)13-12-14-11(15-17-12)9-6-4-5-7-10(9)16-3/h4-8H,1-3H3,(H,13,14,15). The van der Waals surface area contributed by atoms with Crippen molar-refractivity contribution in [1.82, 2.24) is 9.36 Å². The molecule has 0 saturated carbocycles. The largest absolute Gasteiger partial charge is 0.496 e. The van der Waals surface area contributed by atoms with Gasteiger partial charge in [-0.15, -0.1) is 0 Å². The van der Waals surface area contributed by atoms with Crippen molar-refractivity contribution in [3.05, 3.63) is 24.3 Å². The van der Waals surface area contributed by atoms with Gasteiger partial charge < -0.3 is 10.1 Å². The van der Waals surface area contributed by atoms with Crippen LogP contribution in [0.2, 0.25) is 0 Å². The topological polar surface area (TPSA) is 47.0 Å². The summed E-state index contributed by atoms with van der Waals surface area (Å²) in [6, 6.07) is 8.11. The van der Waals surface area contributed by atoms with E-state index in [1.54, 1.807) is 7.11 Å². The molecule has 0 saturated heterocycles. The zero-order chi connectivity index (χ0) is 12.3. The molecule has 17 heavy (non-hydrogen) atoms. The van der Waals surface area contributed by atoms with Crippen LogP contribution in [-0.2, 0) is 0 Å². The molecule has 2 rings (SSSR count). The van der Waals surface area contributed by atoms with E-state index in [4.69, 9.17) is 4.74 Å². The maximum atomic E-state index is 5.29. The van der Waals surface area contributed by atoms with E-state index in [-0.39, 0.29) is 0 Å². The first kappa shape index (κ1) is 11.9. The average Bonchev–Trinajstić information content (AvgIpc) is 2.76. The predicted molar refractivity (Wildman–Crippen MR) is 70.7 cm³/mol. The van der Waals surface area contributed by atoms with E-state index >= 15 is 0 Å². The summed E-state index contributed by atoms with van der Waals surface area (Å²) in [6.45, 7) is 4.15. The second-order valence-electron chi connectivity index (χ2n) is 3.92. The van der Waals surface area contributed by atoms with E-state index < -0.39 is 0 Å². The number of aromatic nitrogens is 2. The van der Waals surface area contributed by atoms with Crippen molar-refractivity contribution in [2.24, 2.45) is 0 Å². The lowest BCUT2D eigenvalue weighted by atomic mass is 10.2. The summed E-state index contributed by atoms with van der Waals surface area (Å²) < 4.78 is 9.63. The number of hydrogen-bond acceptors (Lipinski definition) is 5. The number of rotatable bonds is 4. The fraction of sp³-hybridized carbons (Fsp3) is 0.333. The number of para-hydroxylation sites is 1. The highest BCUT2D eigenvalue weighted by Gasteiger charge is 2.11. The van der Waals surface area contributed by atoms with Crippen LogP contribution in [0.5, 0.6) is 5.75 Å². The van der Waals surface area contributed by atoms with Crippen molar-refractivity contribution < 1.29 is 4.74 Å². The van der Waals surface area contributed by atoms with E-state index in [2.05, 4.69) is 28.5 Å². The Hall–Kier alpha value is -1.62. The lowest BCUT2D eigenvalue weighted by molar-refractivity contribution is 0.416. The molecule has 0 bridgehead atoms. The average molecular weight is 249 g/mol. The Morgan fingerprint density at radius 1 is 1.29 bits per heavy atom. The molecule has 1 N–H and O–H groups in total. The van der Waals surface area contributed by atoms with Crippen molar-refractivity contribution in [2.75, 3.05) is 12.4 Å². The maximum Gasteiger partial charge on any atom is 0.203 e. The van der Waals surface area contributed by atoms with Crippen LogP contribution in [0.25, 0.3) is 11.4 Å². The predicted octanol–water partition coefficient (Wildman–Crippen LogP) is 3.03. The SMILES string of the molecule is COc1ccccc1-c1nsc(NC(C)C)n1. The van der Waals surface area contributed by atoms with Crippen LogP contribution in [-0.4, -0.2) is 22.5 Å². The summed E-state index contributed by atoms with van der Waals surface area (Å²) in [6.07, 6.45) is 0. The highest BCUT2D eigenvalue weighted by atomic mass is 32.1. The Morgan fingerprint density at radius 3 is 2.76 bits per heavy atom. The lowest BCUT2D eigenvalue weighted by Crippen LogP contribution is -2.08. The molecule has 0 spiro atoms. The number of hydrogen-bond donors (Lipinski definition) is 1. The van der Waals surface area contributed by atoms with Gasteiger partial charge in [-0.3, -0.25) is 0 Å². The molecule has 0 amide bonds. The first-order valence-corrected chi connectivity index (χ1v) is 6.21. The minimum Gasteiger partial charge on any atom is -0.496 e. The third kappa shape index (κ3) is 2.74. The highest BCUT2D eigenvalue weighted by Crippen LogP contribution is 2.29. The molecule has 5 heteroatoms. The van der Waals surface area contributed by atoms with Gasteiger partial charge in [-0.05, 0) is 26.0 Å². The summed E-state index contributed by atoms with van der Waals surface area (Å²) in [5.41, 5.74) is 0.919. The molecule has 1 aromatic carbocycles. The van der Waals surface area contributed by atoms with Gasteiger partial charge in [0, 0.05) is 17.6 Å². The second kappa shape index (κ2) is 5.14. The first-order valence-electron chi connectivity index (χ1n) is 5.44. The fourth-order valence-corrected chi connectivity index (χ4v) is 2.20. The summed E-state index contributed by atoms with van der Waals surface area (Å²) in [7, 11) is 1.65. The monoisotopic (exact) mass is 249 g/mol. The maximum absolute atomic E-state index is 5.29. The van der Waals surface area contributed by atoms with Gasteiger partial charge in [0.2, 0.25) is 5.13 Å². The van der Waals surface area contributed by atoms with Gasteiger partial charge in [-0.25, -0.2) is 0 Å². The molecule has 0 aliphatic rings. The molecule has 4 nitrogen and oxygen atoms in total. The van der Waals surface area contributed by atoms with Gasteiger partial charge in [0.15, 0.2) is 5.82 Å². The number of anilines is 1. The molecule has 0 radical (unpaired) electrons. The Kier molecular flexibility index (Phi) is 3.58. The number of benzene rings is 1. The molecule has 1 heterocycles. The van der Waals surface area contributed by atoms with Crippen LogP contribution >= 0.6 is 11.5 Å². The van der Waals surface area contributed by atoms with Crippen molar-refractivity contribution in [3.63, 3.8) is 0 Å². The number of ether oxygens (including phenoxy) is 1. The summed E-state index contributed by atoms with van der Waals surface area (Å²) >= 11 is 1.36. The van der Waals surface area contributed by atoms with E-state index in [0.29, 0.717) is 11.9 Å². The Balaban J connectivity index is 2.30. The third-order valence-electron chi connectivity index (χ3n) is 2.19. The van der Waals surface area contributed by atoms with Crippen molar-refractivity contribution in [1.29, 1.82) is 0 Å². The summed E-state index contributed by atoms with van der Waals surface area (Å²) in [4.78, 5) is 4.45. The van der Waals surface area contributed by atoms with Crippen LogP contribution in [0.15, 0.2) is 24.3 Å². The molecule has 0 aliphatic carbocycles. The smallest absolute Gasteiger partial charge is 0.203 e. The summed E-state index contributed by atoms with van der Waals surface area (Å²) in [5.74, 6) is 1.50. The molecule has 0 atom stereocenters. The van der Waals surface area contributed by atoms with Gasteiger partial charge >= 0.3 is 0 Å². The number of nitrogens with one attached hydrogen (secondary N) is 1. The van der Waals surface area contributed by atoms with E-state index in [1.165, 1.54) is 11.5 Å². The van der Waals surface area contributed by atoms with Gasteiger partial charge in [0.1, 0.15) is 5.75 Å². The summed E-state index contributed by atoms with van der Waals surface area (Å²) in [5, 5.41) is 4.07. The second-order valence-corrected chi connectivity index (χ2v) is 4.67. The molecule has 0 fully saturated rings. The minimum atomic E-state index is 0.355. The first-order chi connectivity index (χ1) is 8.20. The molecule has 0 unspecified atom stereocenters. The molecule has 0 aliphatic heterocycles. The number of nitrogens with zero attached hydrogens (tertiary/aromatic N) is 2. The molecular formula is C12H15N3OS. The zero-order valence-corrected chi connectivity index (χ0v) is 10.9. The van der Waals surface area contributed by atoms with Gasteiger partial charge in [-0.2, -0.15) is 9.36 Å². The third-order valence-corrected chi connectivity index (χ3v) is 2.83. The van der Waals surface area contributed by atoms with Gasteiger partial charge in [0.05, 0.1) is 12.7 Å². The lowest BCUT2D eigenvalue weighted by Gasteiger charge is -2.05. The van der Waals surface area contributed by atoms with Crippen LogP contribution in [0.4, 0.5) is 5.13 Å². The van der Waals surface area contributed by atoms with Gasteiger partial charge in [-0.1, -0.05) is 12.1 Å². The van der Waals surface area contributed by atoms with Crippen molar-refractivity contribution >= 4 is 16.7 Å². The van der Waals surface area contributed by atoms with E-state index in [1.807, 2.05) is 24.3 Å². The Bertz CT molecular complexity index is 496. The van der Waals surface area contributed by atoms with Crippen LogP contribution < -0.4 is 10.1 Å². The zero-order valence-electron chi connectivity index (χ0n) is 10.1. The molecular weight excluding hydrogens is 234 g/mol. The number of methoxy groups -OCH3 is 1. The Morgan fingerprint density at radius 2 is 2.06 bits per heavy atom.